The quantitative estimate of drug-likeness (QED) is 0.169. The zero-order valence-electron chi connectivity index (χ0n) is 27.0. The van der Waals surface area contributed by atoms with Gasteiger partial charge in [0.1, 0.15) is 0 Å². The Morgan fingerprint density at radius 3 is 1.17 bits per heavy atom. The highest BCUT2D eigenvalue weighted by molar-refractivity contribution is 6.58. The van der Waals surface area contributed by atoms with Crippen molar-refractivity contribution in [3.05, 3.63) is 126 Å². The van der Waals surface area contributed by atoms with Crippen molar-refractivity contribution in [1.82, 2.24) is 9.80 Å². The molecule has 0 aromatic heterocycles. The minimum atomic E-state index is -1.35. The van der Waals surface area contributed by atoms with Gasteiger partial charge in [-0.1, -0.05) is 139 Å². The largest absolute Gasteiger partial charge is 0.488 e. The van der Waals surface area contributed by atoms with Crippen molar-refractivity contribution >= 4 is 12.6 Å². The molecule has 4 aromatic carbocycles. The van der Waals surface area contributed by atoms with E-state index in [1.165, 1.54) is 61.0 Å². The Bertz CT molecular complexity index is 1150. The fourth-order valence-electron chi connectivity index (χ4n) is 3.86. The van der Waals surface area contributed by atoms with Gasteiger partial charge < -0.3 is 19.8 Å². The third-order valence-corrected chi connectivity index (χ3v) is 6.44. The molecule has 0 saturated carbocycles. The maximum Gasteiger partial charge on any atom is 0.488 e. The molecule has 0 aliphatic rings. The van der Waals surface area contributed by atoms with Crippen LogP contribution in [0.3, 0.4) is 0 Å². The lowest BCUT2D eigenvalue weighted by Crippen LogP contribution is -2.29. The summed E-state index contributed by atoms with van der Waals surface area (Å²) in [5.41, 5.74) is 6.84. The molecule has 0 saturated heterocycles. The van der Waals surface area contributed by atoms with E-state index >= 15 is 0 Å². The highest BCUT2D eigenvalue weighted by atomic mass is 16.4. The van der Waals surface area contributed by atoms with Gasteiger partial charge in [0.2, 0.25) is 0 Å². The summed E-state index contributed by atoms with van der Waals surface area (Å²) >= 11 is 0. The molecule has 0 atom stereocenters. The lowest BCUT2D eigenvalue weighted by atomic mass is 9.80. The molecule has 0 bridgehead atoms. The second-order valence-electron chi connectivity index (χ2n) is 11.2. The maximum atomic E-state index is 8.67. The Labute approximate surface area is 256 Å². The van der Waals surface area contributed by atoms with Crippen LogP contribution in [0.1, 0.15) is 42.4 Å². The van der Waals surface area contributed by atoms with Crippen LogP contribution in [0.25, 0.3) is 11.1 Å². The van der Waals surface area contributed by atoms with Gasteiger partial charge in [-0.05, 0) is 91.5 Å². The second kappa shape index (κ2) is 22.4. The topological polar surface area (TPSA) is 46.9 Å². The van der Waals surface area contributed by atoms with Gasteiger partial charge in [0.25, 0.3) is 0 Å². The fraction of sp³-hybridized carbons (Fsp3) is 0.351. The highest BCUT2D eigenvalue weighted by Gasteiger charge is 2.08. The Kier molecular flexibility index (Phi) is 19.6. The van der Waals surface area contributed by atoms with Gasteiger partial charge >= 0.3 is 7.12 Å². The predicted octanol–water partition coefficient (Wildman–Crippen LogP) is 7.00. The second-order valence-corrected chi connectivity index (χ2v) is 11.2. The van der Waals surface area contributed by atoms with Gasteiger partial charge in [-0.2, -0.15) is 0 Å². The number of hydrogen-bond acceptors (Lipinski definition) is 4. The molecule has 0 aliphatic carbocycles. The molecule has 5 heteroatoms. The van der Waals surface area contributed by atoms with E-state index in [0.29, 0.717) is 5.46 Å². The number of aryl methyl sites for hydroxylation is 3. The molecule has 2 N–H and O–H groups in total. The molecule has 0 radical (unpaired) electrons. The van der Waals surface area contributed by atoms with Gasteiger partial charge in [0, 0.05) is 0 Å². The summed E-state index contributed by atoms with van der Waals surface area (Å²) in [5, 5.41) is 17.3. The van der Waals surface area contributed by atoms with Crippen LogP contribution in [0, 0.1) is 20.8 Å². The summed E-state index contributed by atoms with van der Waals surface area (Å²) in [7, 11) is 7.21. The molecular formula is C37H53BN2O2. The van der Waals surface area contributed by atoms with Gasteiger partial charge in [0.15, 0.2) is 0 Å². The molecule has 0 unspecified atom stereocenters. The molecule has 0 amide bonds. The molecule has 4 rings (SSSR count). The van der Waals surface area contributed by atoms with Crippen LogP contribution in [-0.2, 0) is 0 Å². The number of unbranched alkanes of at least 4 members (excludes halogenated alkanes) is 3. The van der Waals surface area contributed by atoms with E-state index in [2.05, 4.69) is 113 Å². The minimum absolute atomic E-state index is 0.533. The minimum Gasteiger partial charge on any atom is -0.423 e. The van der Waals surface area contributed by atoms with Crippen molar-refractivity contribution < 1.29 is 10.0 Å². The molecule has 0 heterocycles. The summed E-state index contributed by atoms with van der Waals surface area (Å²) < 4.78 is 0. The van der Waals surface area contributed by atoms with Crippen molar-refractivity contribution in [2.75, 3.05) is 41.3 Å². The van der Waals surface area contributed by atoms with Crippen LogP contribution in [0.4, 0.5) is 0 Å². The smallest absolute Gasteiger partial charge is 0.423 e. The van der Waals surface area contributed by atoms with E-state index < -0.39 is 7.12 Å². The van der Waals surface area contributed by atoms with Crippen LogP contribution >= 0.6 is 0 Å². The summed E-state index contributed by atoms with van der Waals surface area (Å²) in [6.45, 7) is 8.62. The molecular weight excluding hydrogens is 515 g/mol. The Balaban J connectivity index is 0.000000286. The molecule has 42 heavy (non-hydrogen) atoms. The van der Waals surface area contributed by atoms with Crippen LogP contribution in [-0.4, -0.2) is 68.2 Å². The van der Waals surface area contributed by atoms with Crippen molar-refractivity contribution in [3.8, 4) is 11.1 Å². The first kappa shape index (κ1) is 36.8. The van der Waals surface area contributed by atoms with Gasteiger partial charge in [-0.15, -0.1) is 0 Å². The van der Waals surface area contributed by atoms with Gasteiger partial charge in [0.05, 0.1) is 0 Å². The van der Waals surface area contributed by atoms with E-state index in [9.17, 15) is 0 Å². The Morgan fingerprint density at radius 1 is 0.452 bits per heavy atom. The third-order valence-electron chi connectivity index (χ3n) is 6.44. The molecule has 0 spiro atoms. The number of rotatable bonds is 9. The van der Waals surface area contributed by atoms with Gasteiger partial charge in [-0.25, -0.2) is 0 Å². The van der Waals surface area contributed by atoms with E-state index in [0.717, 1.165) is 5.56 Å². The van der Waals surface area contributed by atoms with Crippen LogP contribution < -0.4 is 5.46 Å². The Hall–Kier alpha value is -3.22. The lowest BCUT2D eigenvalue weighted by molar-refractivity contribution is 0.370. The van der Waals surface area contributed by atoms with Crippen molar-refractivity contribution in [1.29, 1.82) is 0 Å². The first-order valence-electron chi connectivity index (χ1n) is 14.9. The SMILES string of the molecule is CN(C)CCCCCCN(C)C.Cc1ccc(-c2ccccc2)cc1.Cc1ccc(B(O)O)cc1.Cc1ccccc1. The molecule has 0 fully saturated rings. The normalized spacial score (nSPS) is 10.1. The standard InChI is InChI=1S/C13H12.C10H24N2.C7H9BO2.C7H8/c1-11-7-9-13(10-8-11)12-5-3-2-4-6-12;1-11(2)9-7-5-6-8-10-12(3)4;1-6-2-4-7(5-3-6)8(9)10;1-7-5-3-2-4-6-7/h2-10H,1H3;5-10H2,1-4H3;2-5,9-10H,1H3;2-6H,1H3. The zero-order valence-corrected chi connectivity index (χ0v) is 27.0. The van der Waals surface area contributed by atoms with E-state index in [4.69, 9.17) is 10.0 Å². The number of hydrogen-bond donors (Lipinski definition) is 2. The summed E-state index contributed by atoms with van der Waals surface area (Å²) in [6, 6.07) is 36.4. The zero-order chi connectivity index (χ0) is 31.2. The average molecular weight is 569 g/mol. The summed E-state index contributed by atoms with van der Waals surface area (Å²) in [6.07, 6.45) is 5.46. The predicted molar refractivity (Wildman–Crippen MR) is 184 cm³/mol. The van der Waals surface area contributed by atoms with E-state index in [1.54, 1.807) is 12.1 Å². The summed E-state index contributed by atoms with van der Waals surface area (Å²) in [4.78, 5) is 4.51. The fourth-order valence-corrected chi connectivity index (χ4v) is 3.86. The lowest BCUT2D eigenvalue weighted by Gasteiger charge is -2.10. The van der Waals surface area contributed by atoms with Crippen molar-refractivity contribution in [2.24, 2.45) is 0 Å². The first-order valence-corrected chi connectivity index (χ1v) is 14.9. The maximum absolute atomic E-state index is 8.67. The van der Waals surface area contributed by atoms with Crippen LogP contribution in [0.15, 0.2) is 109 Å². The summed E-state index contributed by atoms with van der Waals surface area (Å²) in [5.74, 6) is 0. The molecule has 4 nitrogen and oxygen atoms in total. The highest BCUT2D eigenvalue weighted by Crippen LogP contribution is 2.18. The van der Waals surface area contributed by atoms with Gasteiger partial charge in [-0.3, -0.25) is 0 Å². The monoisotopic (exact) mass is 568 g/mol. The molecule has 226 valence electrons. The molecule has 0 aliphatic heterocycles. The van der Waals surface area contributed by atoms with E-state index in [-0.39, 0.29) is 0 Å². The third kappa shape index (κ3) is 19.0. The average Bonchev–Trinajstić information content (AvgIpc) is 2.97. The van der Waals surface area contributed by atoms with Crippen molar-refractivity contribution in [3.63, 3.8) is 0 Å². The van der Waals surface area contributed by atoms with Crippen LogP contribution in [0.2, 0.25) is 0 Å². The Morgan fingerprint density at radius 2 is 0.810 bits per heavy atom. The first-order chi connectivity index (χ1) is 20.1. The van der Waals surface area contributed by atoms with Crippen LogP contribution in [0.5, 0.6) is 0 Å². The number of benzene rings is 4. The molecule has 4 aromatic rings. The van der Waals surface area contributed by atoms with E-state index in [1.807, 2.05) is 43.3 Å². The number of nitrogens with zero attached hydrogens (tertiary/aromatic N) is 2. The van der Waals surface area contributed by atoms with Crippen molar-refractivity contribution in [2.45, 2.75) is 46.5 Å².